The predicted octanol–water partition coefficient (Wildman–Crippen LogP) is 1.74. The van der Waals surface area contributed by atoms with E-state index in [0.29, 0.717) is 0 Å². The number of rotatable bonds is 0. The summed E-state index contributed by atoms with van der Waals surface area (Å²) in [5.74, 6) is 0. The fraction of sp³-hybridized carbons (Fsp3) is 0. The van der Waals surface area contributed by atoms with Crippen molar-refractivity contribution in [1.82, 2.24) is 24.9 Å². The zero-order valence-corrected chi connectivity index (χ0v) is 14.4. The van der Waals surface area contributed by atoms with E-state index in [1.165, 1.54) is 0 Å². The summed E-state index contributed by atoms with van der Waals surface area (Å²) in [7, 11) is 0. The van der Waals surface area contributed by atoms with Crippen LogP contribution >= 0.6 is 0 Å². The van der Waals surface area contributed by atoms with Crippen LogP contribution in [0, 0.1) is 0 Å². The Morgan fingerprint density at radius 1 is 0.741 bits per heavy atom. The summed E-state index contributed by atoms with van der Waals surface area (Å²) in [4.78, 5) is 26.1. The molecule has 6 N–H and O–H groups in total. The lowest BCUT2D eigenvalue weighted by Gasteiger charge is -1.76. The van der Waals surface area contributed by atoms with E-state index in [1.54, 1.807) is 18.9 Å². The van der Waals surface area contributed by atoms with E-state index in [4.69, 9.17) is 0 Å². The zero-order chi connectivity index (χ0) is 18.3. The van der Waals surface area contributed by atoms with Gasteiger partial charge in [-0.3, -0.25) is 4.98 Å². The summed E-state index contributed by atoms with van der Waals surface area (Å²) in [5.41, 5.74) is 6.27. The Labute approximate surface area is 153 Å². The normalized spacial score (nSPS) is 10.2. The average Bonchev–Trinajstić information content (AvgIpc) is 3.48. The molecule has 0 spiro atoms. The SMILES string of the molecule is c1ccc2[nH+]c[nH]c2c1.c1cnc2[nH+]c[nH]c2c1.c1nc2cc[nH+]cc2[nH]1. The van der Waals surface area contributed by atoms with Gasteiger partial charge in [-0.15, -0.1) is 4.98 Å². The largest absolute Gasteiger partial charge is 0.340 e. The second-order valence-corrected chi connectivity index (χ2v) is 5.66. The summed E-state index contributed by atoms with van der Waals surface area (Å²) in [6, 6.07) is 13.9. The van der Waals surface area contributed by atoms with Crippen molar-refractivity contribution in [3.05, 3.63) is 80.0 Å². The zero-order valence-electron chi connectivity index (χ0n) is 14.4. The Balaban J connectivity index is 0.0000001000. The molecule has 0 fully saturated rings. The van der Waals surface area contributed by atoms with E-state index >= 15 is 0 Å². The van der Waals surface area contributed by atoms with Crippen molar-refractivity contribution in [2.45, 2.75) is 0 Å². The van der Waals surface area contributed by atoms with Gasteiger partial charge in [-0.05, 0) is 24.3 Å². The molecule has 0 bridgehead atoms. The summed E-state index contributed by atoms with van der Waals surface area (Å²) in [5, 5.41) is 0. The summed E-state index contributed by atoms with van der Waals surface area (Å²) < 4.78 is 0. The Kier molecular flexibility index (Phi) is 4.78. The third-order valence-electron chi connectivity index (χ3n) is 3.89. The van der Waals surface area contributed by atoms with Gasteiger partial charge in [0.25, 0.3) is 5.65 Å². The number of fused-ring (bicyclic) bond motifs is 3. The van der Waals surface area contributed by atoms with Crippen LogP contribution in [-0.2, 0) is 0 Å². The van der Waals surface area contributed by atoms with Crippen LogP contribution in [0.1, 0.15) is 0 Å². The molecule has 6 rings (SSSR count). The molecule has 0 unspecified atom stereocenters. The smallest absolute Gasteiger partial charge is 0.299 e. The number of hydrogen-bond donors (Lipinski definition) is 3. The van der Waals surface area contributed by atoms with Gasteiger partial charge in [-0.2, -0.15) is 0 Å². The van der Waals surface area contributed by atoms with Crippen molar-refractivity contribution in [2.75, 3.05) is 0 Å². The van der Waals surface area contributed by atoms with Gasteiger partial charge in [0.2, 0.25) is 6.33 Å². The Bertz CT molecular complexity index is 1000. The van der Waals surface area contributed by atoms with Crippen LogP contribution in [0.4, 0.5) is 0 Å². The van der Waals surface area contributed by atoms with Gasteiger partial charge < -0.3 is 4.98 Å². The van der Waals surface area contributed by atoms with Crippen LogP contribution in [0.25, 0.3) is 33.2 Å². The summed E-state index contributed by atoms with van der Waals surface area (Å²) >= 11 is 0. The van der Waals surface area contributed by atoms with E-state index in [0.717, 1.165) is 33.2 Å². The Hall–Kier alpha value is -4.07. The molecule has 0 aliphatic carbocycles. The van der Waals surface area contributed by atoms with Crippen LogP contribution in [0.2, 0.25) is 0 Å². The second-order valence-electron chi connectivity index (χ2n) is 5.66. The van der Waals surface area contributed by atoms with E-state index < -0.39 is 0 Å². The highest BCUT2D eigenvalue weighted by molar-refractivity contribution is 5.71. The van der Waals surface area contributed by atoms with Gasteiger partial charge >= 0.3 is 0 Å². The first kappa shape index (κ1) is 16.4. The third-order valence-corrected chi connectivity index (χ3v) is 3.89. The molecular weight excluding hydrogens is 340 g/mol. The molecule has 0 saturated carbocycles. The maximum absolute atomic E-state index is 4.05. The number of benzene rings is 1. The minimum absolute atomic E-state index is 0.900. The van der Waals surface area contributed by atoms with Crippen molar-refractivity contribution in [1.29, 1.82) is 0 Å². The summed E-state index contributed by atoms with van der Waals surface area (Å²) in [6.45, 7) is 0. The standard InChI is InChI=1S/C7H6N2.2C6H5N3/c1-2-4-7-6(3-1)8-5-9-7;1-2-7-3-6-5(1)8-4-9-6;1-2-5-6(7-3-1)9-4-8-5/h1-5H,(H,8,9);1-4H,(H,8,9);1-4H,(H,7,8,9)/p+3. The number of aromatic amines is 6. The number of hydrogen-bond acceptors (Lipinski definition) is 2. The Morgan fingerprint density at radius 2 is 1.59 bits per heavy atom. The van der Waals surface area contributed by atoms with Crippen LogP contribution in [0.3, 0.4) is 0 Å². The number of aromatic nitrogens is 8. The number of H-pyrrole nitrogens is 6. The first-order valence-corrected chi connectivity index (χ1v) is 8.43. The molecular formula is C19H19N8+3. The van der Waals surface area contributed by atoms with Crippen LogP contribution in [-0.4, -0.2) is 24.9 Å². The van der Waals surface area contributed by atoms with Crippen molar-refractivity contribution in [3.63, 3.8) is 0 Å². The van der Waals surface area contributed by atoms with Crippen molar-refractivity contribution < 1.29 is 15.0 Å². The van der Waals surface area contributed by atoms with E-state index in [9.17, 15) is 0 Å². The quantitative estimate of drug-likeness (QED) is 0.383. The molecule has 0 saturated heterocycles. The highest BCUT2D eigenvalue weighted by atomic mass is 14.9. The first-order chi connectivity index (χ1) is 13.4. The molecule has 5 aromatic heterocycles. The molecule has 8 heteroatoms. The van der Waals surface area contributed by atoms with Crippen LogP contribution in [0.5, 0.6) is 0 Å². The minimum Gasteiger partial charge on any atom is -0.340 e. The fourth-order valence-corrected chi connectivity index (χ4v) is 2.57. The lowest BCUT2D eigenvalue weighted by atomic mass is 10.3. The van der Waals surface area contributed by atoms with Gasteiger partial charge in [-0.1, -0.05) is 12.1 Å². The molecule has 8 nitrogen and oxygen atoms in total. The van der Waals surface area contributed by atoms with E-state index in [1.807, 2.05) is 61.2 Å². The first-order valence-electron chi connectivity index (χ1n) is 8.43. The highest BCUT2D eigenvalue weighted by Crippen LogP contribution is 2.02. The van der Waals surface area contributed by atoms with Crippen molar-refractivity contribution in [3.8, 4) is 0 Å². The lowest BCUT2D eigenvalue weighted by molar-refractivity contribution is -0.376. The number of imidazole rings is 3. The van der Waals surface area contributed by atoms with Gasteiger partial charge in [0.05, 0.1) is 6.33 Å². The molecule has 0 radical (unpaired) electrons. The molecule has 0 aliphatic heterocycles. The monoisotopic (exact) mass is 359 g/mol. The van der Waals surface area contributed by atoms with Crippen molar-refractivity contribution >= 4 is 33.2 Å². The van der Waals surface area contributed by atoms with E-state index in [2.05, 4.69) is 39.9 Å². The molecule has 0 amide bonds. The second kappa shape index (κ2) is 7.87. The van der Waals surface area contributed by atoms with Gasteiger partial charge in [0.1, 0.15) is 17.2 Å². The topological polar surface area (TPSA) is 116 Å². The molecule has 132 valence electrons. The fourth-order valence-electron chi connectivity index (χ4n) is 2.57. The molecule has 27 heavy (non-hydrogen) atoms. The van der Waals surface area contributed by atoms with Crippen LogP contribution in [0.15, 0.2) is 80.0 Å². The highest BCUT2D eigenvalue weighted by Gasteiger charge is 1.98. The number of nitrogens with one attached hydrogen (secondary N) is 6. The number of pyridine rings is 2. The minimum atomic E-state index is 0.900. The van der Waals surface area contributed by atoms with E-state index in [-0.39, 0.29) is 0 Å². The Morgan fingerprint density at radius 3 is 2.48 bits per heavy atom. The summed E-state index contributed by atoms with van der Waals surface area (Å²) in [6.07, 6.45) is 10.7. The molecule has 6 aromatic rings. The predicted molar refractivity (Wildman–Crippen MR) is 100 cm³/mol. The maximum Gasteiger partial charge on any atom is 0.299 e. The average molecular weight is 359 g/mol. The number of nitrogens with zero attached hydrogens (tertiary/aromatic N) is 2. The lowest BCUT2D eigenvalue weighted by Crippen LogP contribution is -1.96. The molecule has 0 atom stereocenters. The molecule has 0 aliphatic rings. The van der Waals surface area contributed by atoms with Crippen LogP contribution < -0.4 is 15.0 Å². The van der Waals surface area contributed by atoms with Gasteiger partial charge in [-0.25, -0.2) is 24.9 Å². The van der Waals surface area contributed by atoms with Crippen molar-refractivity contribution in [2.24, 2.45) is 0 Å². The van der Waals surface area contributed by atoms with Gasteiger partial charge in [0, 0.05) is 6.07 Å². The molecule has 1 aromatic carbocycles. The van der Waals surface area contributed by atoms with Gasteiger partial charge in [0.15, 0.2) is 35.3 Å². The maximum atomic E-state index is 4.05. The number of para-hydroxylation sites is 2. The molecule has 5 heterocycles. The third kappa shape index (κ3) is 3.96.